The third-order valence-electron chi connectivity index (χ3n) is 2.89. The van der Waals surface area contributed by atoms with Gasteiger partial charge >= 0.3 is 0 Å². The van der Waals surface area contributed by atoms with Crippen molar-refractivity contribution in [1.82, 2.24) is 0 Å². The van der Waals surface area contributed by atoms with Gasteiger partial charge in [-0.1, -0.05) is 0 Å². The molecule has 1 rings (SSSR count). The van der Waals surface area contributed by atoms with Crippen molar-refractivity contribution in [3.05, 3.63) is 22.2 Å². The molecule has 0 aliphatic heterocycles. The number of hydrogen-bond donors (Lipinski definition) is 0. The molecule has 1 aromatic carbocycles. The number of sulfone groups is 1. The van der Waals surface area contributed by atoms with E-state index >= 15 is 0 Å². The Hall–Kier alpha value is -0.460. The average molecular weight is 372 g/mol. The summed E-state index contributed by atoms with van der Waals surface area (Å²) in [5.41, 5.74) is 0.585. The van der Waals surface area contributed by atoms with Gasteiger partial charge in [0.05, 0.1) is 29.3 Å². The van der Waals surface area contributed by atoms with E-state index < -0.39 is 20.5 Å². The number of hydrogen-bond acceptors (Lipinski definition) is 4. The van der Waals surface area contributed by atoms with Gasteiger partial charge in [0.1, 0.15) is 11.5 Å². The van der Waals surface area contributed by atoms with Crippen LogP contribution in [0.1, 0.15) is 17.9 Å². The van der Waals surface area contributed by atoms with Gasteiger partial charge in [-0.2, -0.15) is 0 Å². The molecule has 7 heteroatoms. The average Bonchev–Trinajstić information content (AvgIpc) is 2.35. The van der Waals surface area contributed by atoms with Crippen molar-refractivity contribution in [2.45, 2.75) is 17.6 Å². The molecule has 0 aliphatic rings. The number of ether oxygens (including phenoxy) is 2. The fraction of sp³-hybridized carbons (Fsp3) is 0.500. The van der Waals surface area contributed by atoms with Crippen molar-refractivity contribution in [3.63, 3.8) is 0 Å². The van der Waals surface area contributed by atoms with Crippen LogP contribution >= 0.6 is 27.5 Å². The maximum absolute atomic E-state index is 11.6. The summed E-state index contributed by atoms with van der Waals surface area (Å²) in [6.45, 7) is 1.57. The van der Waals surface area contributed by atoms with Crippen LogP contribution in [-0.4, -0.2) is 34.1 Å². The van der Waals surface area contributed by atoms with E-state index in [2.05, 4.69) is 15.9 Å². The molecule has 2 unspecified atom stereocenters. The van der Waals surface area contributed by atoms with Gasteiger partial charge < -0.3 is 9.47 Å². The lowest BCUT2D eigenvalue weighted by atomic mass is 10.1. The van der Waals surface area contributed by atoms with E-state index in [1.807, 2.05) is 0 Å². The fourth-order valence-corrected chi connectivity index (χ4v) is 3.37. The van der Waals surface area contributed by atoms with Crippen LogP contribution in [0.4, 0.5) is 0 Å². The molecule has 2 atom stereocenters. The minimum Gasteiger partial charge on any atom is -0.496 e. The SMILES string of the molecule is COc1cc(C(Cl)C(C)S(C)(=O)=O)c(OC)cc1Br. The minimum absolute atomic E-state index is 0.517. The van der Waals surface area contributed by atoms with Crippen LogP contribution in [0.15, 0.2) is 16.6 Å². The Balaban J connectivity index is 3.32. The predicted octanol–water partition coefficient (Wildman–Crippen LogP) is 3.18. The van der Waals surface area contributed by atoms with Gasteiger partial charge in [0.2, 0.25) is 0 Å². The smallest absolute Gasteiger partial charge is 0.151 e. The highest BCUT2D eigenvalue weighted by Crippen LogP contribution is 2.40. The lowest BCUT2D eigenvalue weighted by Crippen LogP contribution is -2.21. The zero-order valence-corrected chi connectivity index (χ0v) is 14.3. The van der Waals surface area contributed by atoms with Gasteiger partial charge in [-0.3, -0.25) is 0 Å². The van der Waals surface area contributed by atoms with Crippen LogP contribution in [-0.2, 0) is 9.84 Å². The van der Waals surface area contributed by atoms with Crippen LogP contribution in [0.3, 0.4) is 0 Å². The van der Waals surface area contributed by atoms with E-state index in [1.54, 1.807) is 19.1 Å². The Morgan fingerprint density at radius 3 is 2.16 bits per heavy atom. The lowest BCUT2D eigenvalue weighted by Gasteiger charge is -2.20. The second-order valence-electron chi connectivity index (χ2n) is 4.17. The molecule has 0 saturated carbocycles. The number of benzene rings is 1. The number of rotatable bonds is 5. The normalized spacial score (nSPS) is 14.8. The van der Waals surface area contributed by atoms with Crippen LogP contribution in [0, 0.1) is 0 Å². The van der Waals surface area contributed by atoms with E-state index in [1.165, 1.54) is 14.2 Å². The van der Waals surface area contributed by atoms with Gasteiger partial charge in [-0.25, -0.2) is 8.42 Å². The Kier molecular flexibility index (Phi) is 5.53. The molecule has 108 valence electrons. The molecule has 0 heterocycles. The van der Waals surface area contributed by atoms with Crippen LogP contribution in [0.5, 0.6) is 11.5 Å². The van der Waals surface area contributed by atoms with Crippen molar-refractivity contribution in [3.8, 4) is 11.5 Å². The van der Waals surface area contributed by atoms with Crippen molar-refractivity contribution in [1.29, 1.82) is 0 Å². The minimum atomic E-state index is -3.24. The molecule has 0 N–H and O–H groups in total. The van der Waals surface area contributed by atoms with Crippen LogP contribution in [0.25, 0.3) is 0 Å². The first-order valence-corrected chi connectivity index (χ1v) is 8.65. The van der Waals surface area contributed by atoms with Crippen LogP contribution < -0.4 is 9.47 Å². The second kappa shape index (κ2) is 6.33. The second-order valence-corrected chi connectivity index (χ2v) is 7.89. The van der Waals surface area contributed by atoms with Gasteiger partial charge in [0.25, 0.3) is 0 Å². The number of methoxy groups -OCH3 is 2. The number of alkyl halides is 1. The first kappa shape index (κ1) is 16.6. The highest BCUT2D eigenvalue weighted by molar-refractivity contribution is 9.10. The monoisotopic (exact) mass is 370 g/mol. The summed E-state index contributed by atoms with van der Waals surface area (Å²) in [5, 5.41) is -1.44. The molecular formula is C12H16BrClO4S. The molecular weight excluding hydrogens is 356 g/mol. The van der Waals surface area contributed by atoms with Gasteiger partial charge in [-0.15, -0.1) is 11.6 Å². The first-order valence-electron chi connectivity index (χ1n) is 5.46. The fourth-order valence-electron chi connectivity index (χ4n) is 1.57. The maximum Gasteiger partial charge on any atom is 0.151 e. The van der Waals surface area contributed by atoms with Crippen molar-refractivity contribution >= 4 is 37.4 Å². The third-order valence-corrected chi connectivity index (χ3v) is 5.89. The highest BCUT2D eigenvalue weighted by Gasteiger charge is 2.28. The van der Waals surface area contributed by atoms with Crippen LogP contribution in [0.2, 0.25) is 0 Å². The summed E-state index contributed by atoms with van der Waals surface area (Å²) in [6, 6.07) is 3.39. The Morgan fingerprint density at radius 1 is 1.21 bits per heavy atom. The summed E-state index contributed by atoms with van der Waals surface area (Å²) in [7, 11) is -0.211. The summed E-state index contributed by atoms with van der Waals surface area (Å²) < 4.78 is 34.4. The summed E-state index contributed by atoms with van der Waals surface area (Å²) in [5.74, 6) is 1.09. The zero-order valence-electron chi connectivity index (χ0n) is 11.1. The van der Waals surface area contributed by atoms with E-state index in [0.29, 0.717) is 21.5 Å². The molecule has 19 heavy (non-hydrogen) atoms. The molecule has 0 radical (unpaired) electrons. The Morgan fingerprint density at radius 2 is 1.74 bits per heavy atom. The zero-order chi connectivity index (χ0) is 14.8. The molecule has 0 amide bonds. The molecule has 4 nitrogen and oxygen atoms in total. The quantitative estimate of drug-likeness (QED) is 0.746. The summed E-state index contributed by atoms with van der Waals surface area (Å²) in [4.78, 5) is 0. The van der Waals surface area contributed by atoms with Crippen molar-refractivity contribution in [2.75, 3.05) is 20.5 Å². The first-order chi connectivity index (χ1) is 8.72. The largest absolute Gasteiger partial charge is 0.496 e. The Bertz CT molecular complexity index is 559. The summed E-state index contributed by atoms with van der Waals surface area (Å²) >= 11 is 9.62. The molecule has 0 bridgehead atoms. The molecule has 0 spiro atoms. The highest BCUT2D eigenvalue weighted by atomic mass is 79.9. The number of halogens is 2. The standard InChI is InChI=1S/C12H16BrClO4S/c1-7(19(4,15)16)12(14)8-5-11(18-3)9(13)6-10(8)17-2/h5-7,12H,1-4H3. The van der Waals surface area contributed by atoms with Crippen molar-refractivity contribution in [2.24, 2.45) is 0 Å². The summed E-state index contributed by atoms with van der Waals surface area (Å²) in [6.07, 6.45) is 1.16. The van der Waals surface area contributed by atoms with E-state index in [9.17, 15) is 8.42 Å². The lowest BCUT2D eigenvalue weighted by molar-refractivity contribution is 0.396. The molecule has 1 aromatic rings. The molecule has 0 fully saturated rings. The van der Waals surface area contributed by atoms with Gasteiger partial charge in [0, 0.05) is 11.8 Å². The predicted molar refractivity (Wildman–Crippen MR) is 80.1 cm³/mol. The van der Waals surface area contributed by atoms with E-state index in [-0.39, 0.29) is 0 Å². The van der Waals surface area contributed by atoms with E-state index in [4.69, 9.17) is 21.1 Å². The van der Waals surface area contributed by atoms with E-state index in [0.717, 1.165) is 6.26 Å². The Labute approximate surface area is 127 Å². The van der Waals surface area contributed by atoms with Gasteiger partial charge in [0.15, 0.2) is 9.84 Å². The third kappa shape index (κ3) is 3.77. The topological polar surface area (TPSA) is 52.6 Å². The molecule has 0 aliphatic carbocycles. The molecule has 0 saturated heterocycles. The molecule has 0 aromatic heterocycles. The van der Waals surface area contributed by atoms with Crippen molar-refractivity contribution < 1.29 is 17.9 Å². The maximum atomic E-state index is 11.6. The van der Waals surface area contributed by atoms with Gasteiger partial charge in [-0.05, 0) is 35.0 Å².